The van der Waals surface area contributed by atoms with Gasteiger partial charge in [0.25, 0.3) is 5.91 Å². The van der Waals surface area contributed by atoms with Gasteiger partial charge in [0.15, 0.2) is 0 Å². The van der Waals surface area contributed by atoms with Gasteiger partial charge in [0.2, 0.25) is 11.7 Å². The number of nitrogens with zero attached hydrogens (tertiary/aromatic N) is 2. The SMILES string of the molecule is Cc1cc(C(=O)NCCN2CCCCCC2=O)on1. The fraction of sp³-hybridized carbons (Fsp3) is 0.615. The topological polar surface area (TPSA) is 75.4 Å². The van der Waals surface area contributed by atoms with Crippen molar-refractivity contribution in [1.82, 2.24) is 15.4 Å². The van der Waals surface area contributed by atoms with Gasteiger partial charge in [-0.25, -0.2) is 0 Å². The lowest BCUT2D eigenvalue weighted by molar-refractivity contribution is -0.130. The van der Waals surface area contributed by atoms with E-state index in [1.54, 1.807) is 13.0 Å². The van der Waals surface area contributed by atoms with E-state index in [9.17, 15) is 9.59 Å². The minimum atomic E-state index is -0.289. The molecule has 0 bridgehead atoms. The molecule has 1 aromatic heterocycles. The van der Waals surface area contributed by atoms with E-state index in [0.29, 0.717) is 25.2 Å². The molecule has 1 aromatic rings. The summed E-state index contributed by atoms with van der Waals surface area (Å²) in [5, 5.41) is 6.39. The van der Waals surface area contributed by atoms with Crippen molar-refractivity contribution in [3.63, 3.8) is 0 Å². The molecule has 0 saturated carbocycles. The third-order valence-electron chi connectivity index (χ3n) is 3.19. The van der Waals surface area contributed by atoms with Crippen LogP contribution in [0.5, 0.6) is 0 Å². The Morgan fingerprint density at radius 3 is 3.05 bits per heavy atom. The highest BCUT2D eigenvalue weighted by Gasteiger charge is 2.17. The molecule has 6 nitrogen and oxygen atoms in total. The number of amides is 2. The van der Waals surface area contributed by atoms with Crippen molar-refractivity contribution in [1.29, 1.82) is 0 Å². The van der Waals surface area contributed by atoms with Crippen LogP contribution in [0.15, 0.2) is 10.6 Å². The maximum absolute atomic E-state index is 11.7. The molecule has 6 heteroatoms. The number of hydrogen-bond donors (Lipinski definition) is 1. The van der Waals surface area contributed by atoms with Crippen molar-refractivity contribution < 1.29 is 14.1 Å². The molecule has 0 spiro atoms. The molecule has 0 atom stereocenters. The third-order valence-corrected chi connectivity index (χ3v) is 3.19. The number of hydrogen-bond acceptors (Lipinski definition) is 4. The van der Waals surface area contributed by atoms with E-state index in [1.807, 2.05) is 4.90 Å². The molecule has 1 aliphatic heterocycles. The van der Waals surface area contributed by atoms with Gasteiger partial charge < -0.3 is 14.7 Å². The first-order chi connectivity index (χ1) is 9.16. The number of rotatable bonds is 4. The zero-order valence-corrected chi connectivity index (χ0v) is 11.1. The summed E-state index contributed by atoms with van der Waals surface area (Å²) in [6, 6.07) is 1.59. The molecule has 2 rings (SSSR count). The largest absolute Gasteiger partial charge is 0.351 e. The molecule has 104 valence electrons. The van der Waals surface area contributed by atoms with Crippen LogP contribution in [0.25, 0.3) is 0 Å². The molecule has 2 heterocycles. The lowest BCUT2D eigenvalue weighted by atomic mass is 10.2. The highest BCUT2D eigenvalue weighted by atomic mass is 16.5. The van der Waals surface area contributed by atoms with Gasteiger partial charge in [0.1, 0.15) is 0 Å². The standard InChI is InChI=1S/C13H19N3O3/c1-10-9-11(19-15-10)13(18)14-6-8-16-7-4-2-3-5-12(16)17/h9H,2-8H2,1H3,(H,14,18). The van der Waals surface area contributed by atoms with Gasteiger partial charge >= 0.3 is 0 Å². The number of aryl methyl sites for hydroxylation is 1. The summed E-state index contributed by atoms with van der Waals surface area (Å²) in [6.07, 6.45) is 3.74. The number of carbonyl (C=O) groups excluding carboxylic acids is 2. The molecular weight excluding hydrogens is 246 g/mol. The average molecular weight is 265 g/mol. The van der Waals surface area contributed by atoms with Crippen LogP contribution in [-0.4, -0.2) is 41.5 Å². The highest BCUT2D eigenvalue weighted by Crippen LogP contribution is 2.10. The highest BCUT2D eigenvalue weighted by molar-refractivity contribution is 5.91. The summed E-state index contributed by atoms with van der Waals surface area (Å²) in [4.78, 5) is 25.3. The molecule has 1 aliphatic rings. The van der Waals surface area contributed by atoms with E-state index in [0.717, 1.165) is 25.8 Å². The first-order valence-electron chi connectivity index (χ1n) is 6.66. The molecule has 0 aromatic carbocycles. The Bertz CT molecular complexity index is 456. The Balaban J connectivity index is 1.76. The predicted molar refractivity (Wildman–Crippen MR) is 68.6 cm³/mol. The summed E-state index contributed by atoms with van der Waals surface area (Å²) < 4.78 is 4.87. The van der Waals surface area contributed by atoms with Gasteiger partial charge in [-0.05, 0) is 19.8 Å². The van der Waals surface area contributed by atoms with Crippen molar-refractivity contribution >= 4 is 11.8 Å². The lowest BCUT2D eigenvalue weighted by Gasteiger charge is -2.20. The second-order valence-corrected chi connectivity index (χ2v) is 4.78. The van der Waals surface area contributed by atoms with Crippen molar-refractivity contribution in [2.24, 2.45) is 0 Å². The smallest absolute Gasteiger partial charge is 0.289 e. The fourth-order valence-corrected chi connectivity index (χ4v) is 2.14. The van der Waals surface area contributed by atoms with Gasteiger partial charge in [-0.3, -0.25) is 9.59 Å². The van der Waals surface area contributed by atoms with E-state index in [1.165, 1.54) is 0 Å². The Hall–Kier alpha value is -1.85. The number of aromatic nitrogens is 1. The summed E-state index contributed by atoms with van der Waals surface area (Å²) >= 11 is 0. The van der Waals surface area contributed by atoms with Gasteiger partial charge in [-0.2, -0.15) is 0 Å². The Morgan fingerprint density at radius 1 is 1.47 bits per heavy atom. The van der Waals surface area contributed by atoms with Crippen LogP contribution in [0.3, 0.4) is 0 Å². The summed E-state index contributed by atoms with van der Waals surface area (Å²) in [7, 11) is 0. The van der Waals surface area contributed by atoms with Gasteiger partial charge in [0, 0.05) is 32.1 Å². The van der Waals surface area contributed by atoms with Gasteiger partial charge in [-0.1, -0.05) is 11.6 Å². The van der Waals surface area contributed by atoms with E-state index in [-0.39, 0.29) is 17.6 Å². The van der Waals surface area contributed by atoms with Gasteiger partial charge in [0.05, 0.1) is 5.69 Å². The minimum Gasteiger partial charge on any atom is -0.351 e. The van der Waals surface area contributed by atoms with Crippen LogP contribution in [0, 0.1) is 6.92 Å². The van der Waals surface area contributed by atoms with E-state index in [2.05, 4.69) is 10.5 Å². The molecule has 2 amide bonds. The van der Waals surface area contributed by atoms with Crippen LogP contribution in [0.4, 0.5) is 0 Å². The fourth-order valence-electron chi connectivity index (χ4n) is 2.14. The zero-order valence-electron chi connectivity index (χ0n) is 11.1. The van der Waals surface area contributed by atoms with Crippen LogP contribution in [0.2, 0.25) is 0 Å². The third kappa shape index (κ3) is 3.81. The second-order valence-electron chi connectivity index (χ2n) is 4.78. The normalized spacial score (nSPS) is 16.3. The van der Waals surface area contributed by atoms with Crippen LogP contribution >= 0.6 is 0 Å². The summed E-state index contributed by atoms with van der Waals surface area (Å²) in [6.45, 7) is 3.54. The van der Waals surface area contributed by atoms with Crippen molar-refractivity contribution in [2.45, 2.75) is 32.6 Å². The molecule has 0 unspecified atom stereocenters. The van der Waals surface area contributed by atoms with Gasteiger partial charge in [-0.15, -0.1) is 0 Å². The zero-order chi connectivity index (χ0) is 13.7. The van der Waals surface area contributed by atoms with Crippen molar-refractivity contribution in [3.05, 3.63) is 17.5 Å². The predicted octanol–water partition coefficient (Wildman–Crippen LogP) is 1.12. The molecule has 0 aliphatic carbocycles. The molecule has 19 heavy (non-hydrogen) atoms. The Kier molecular flexibility index (Phi) is 4.54. The van der Waals surface area contributed by atoms with Crippen LogP contribution in [-0.2, 0) is 4.79 Å². The number of nitrogens with one attached hydrogen (secondary N) is 1. The summed E-state index contributed by atoms with van der Waals surface area (Å²) in [5.74, 6) is 0.102. The lowest BCUT2D eigenvalue weighted by Crippen LogP contribution is -2.38. The molecule has 1 saturated heterocycles. The maximum atomic E-state index is 11.7. The quantitative estimate of drug-likeness (QED) is 0.885. The van der Waals surface area contributed by atoms with Crippen LogP contribution < -0.4 is 5.32 Å². The average Bonchev–Trinajstić information content (AvgIpc) is 2.72. The van der Waals surface area contributed by atoms with E-state index >= 15 is 0 Å². The molecule has 0 radical (unpaired) electrons. The van der Waals surface area contributed by atoms with E-state index < -0.39 is 0 Å². The Labute approximate surface area is 112 Å². The second kappa shape index (κ2) is 6.36. The first kappa shape index (κ1) is 13.6. The number of likely N-dealkylation sites (tertiary alicyclic amines) is 1. The molecule has 1 fully saturated rings. The monoisotopic (exact) mass is 265 g/mol. The summed E-state index contributed by atoms with van der Waals surface area (Å²) in [5.41, 5.74) is 0.674. The first-order valence-corrected chi connectivity index (χ1v) is 6.66. The van der Waals surface area contributed by atoms with Crippen LogP contribution in [0.1, 0.15) is 41.9 Å². The van der Waals surface area contributed by atoms with E-state index in [4.69, 9.17) is 4.52 Å². The Morgan fingerprint density at radius 2 is 2.32 bits per heavy atom. The maximum Gasteiger partial charge on any atom is 0.289 e. The van der Waals surface area contributed by atoms with Crippen molar-refractivity contribution in [2.75, 3.05) is 19.6 Å². The minimum absolute atomic E-state index is 0.183. The van der Waals surface area contributed by atoms with Crippen molar-refractivity contribution in [3.8, 4) is 0 Å². The molecular formula is C13H19N3O3. The molecule has 1 N–H and O–H groups in total. The number of carbonyl (C=O) groups is 2.